The molecule has 0 N–H and O–H groups in total. The number of nitrogens with zero attached hydrogens (tertiary/aromatic N) is 4. The van der Waals surface area contributed by atoms with Gasteiger partial charge in [0.2, 0.25) is 0 Å². The topological polar surface area (TPSA) is 68.1 Å². The molecular formula is C24H20F2N4O2. The summed E-state index contributed by atoms with van der Waals surface area (Å²) in [6.45, 7) is 0.109. The average molecular weight is 434 g/mol. The fourth-order valence-corrected chi connectivity index (χ4v) is 4.12. The Labute approximate surface area is 182 Å². The lowest BCUT2D eigenvalue weighted by Crippen LogP contribution is -2.42. The summed E-state index contributed by atoms with van der Waals surface area (Å²) in [7, 11) is 1.63. The number of aryl methyl sites for hydroxylation is 1. The van der Waals surface area contributed by atoms with Gasteiger partial charge in [-0.1, -0.05) is 24.3 Å². The van der Waals surface area contributed by atoms with Crippen molar-refractivity contribution in [3.63, 3.8) is 0 Å². The number of carbonyl (C=O) groups excluding carboxylic acids is 1. The van der Waals surface area contributed by atoms with E-state index in [1.807, 2.05) is 30.3 Å². The number of pyridine rings is 1. The lowest BCUT2D eigenvalue weighted by atomic mass is 9.97. The number of likely N-dealkylation sites (tertiary alicyclic amines) is 1. The minimum absolute atomic E-state index is 0.0547. The molecule has 1 fully saturated rings. The largest absolute Gasteiger partial charge is 0.338 e. The summed E-state index contributed by atoms with van der Waals surface area (Å²) in [6.07, 6.45) is 2.51. The number of hydrogen-bond donors (Lipinski definition) is 0. The Kier molecular flexibility index (Phi) is 4.73. The number of carbonyl (C=O) groups is 1. The summed E-state index contributed by atoms with van der Waals surface area (Å²) in [5.74, 6) is -2.93. The van der Waals surface area contributed by atoms with Gasteiger partial charge in [-0.25, -0.2) is 18.7 Å². The second-order valence-electron chi connectivity index (χ2n) is 8.14. The second-order valence-corrected chi connectivity index (χ2v) is 8.14. The van der Waals surface area contributed by atoms with Crippen molar-refractivity contribution >= 4 is 27.7 Å². The summed E-state index contributed by atoms with van der Waals surface area (Å²) in [4.78, 5) is 35.2. The van der Waals surface area contributed by atoms with Crippen LogP contribution in [0.25, 0.3) is 32.9 Å². The van der Waals surface area contributed by atoms with E-state index in [4.69, 9.17) is 0 Å². The van der Waals surface area contributed by atoms with Gasteiger partial charge in [0, 0.05) is 50.3 Å². The van der Waals surface area contributed by atoms with Crippen LogP contribution in [0.4, 0.5) is 8.78 Å². The summed E-state index contributed by atoms with van der Waals surface area (Å²) in [6, 6.07) is 12.9. The van der Waals surface area contributed by atoms with Gasteiger partial charge < -0.3 is 9.47 Å². The third-order valence-electron chi connectivity index (χ3n) is 5.98. The maximum absolute atomic E-state index is 13.4. The molecule has 2 aromatic carbocycles. The molecule has 32 heavy (non-hydrogen) atoms. The number of aromatic nitrogens is 3. The molecule has 1 saturated heterocycles. The van der Waals surface area contributed by atoms with E-state index in [0.29, 0.717) is 16.6 Å². The molecule has 162 valence electrons. The summed E-state index contributed by atoms with van der Waals surface area (Å²) in [5, 5.41) is 1.77. The lowest BCUT2D eigenvalue weighted by molar-refractivity contribution is -0.0494. The molecule has 0 bridgehead atoms. The molecule has 0 unspecified atom stereocenters. The van der Waals surface area contributed by atoms with Gasteiger partial charge in [0.1, 0.15) is 0 Å². The van der Waals surface area contributed by atoms with E-state index in [1.54, 1.807) is 25.4 Å². The Bertz CT molecular complexity index is 1420. The van der Waals surface area contributed by atoms with E-state index in [-0.39, 0.29) is 37.4 Å². The molecule has 4 aromatic rings. The zero-order valence-corrected chi connectivity index (χ0v) is 17.4. The molecule has 2 aromatic heterocycles. The van der Waals surface area contributed by atoms with Crippen LogP contribution in [0.1, 0.15) is 23.2 Å². The van der Waals surface area contributed by atoms with Gasteiger partial charge in [-0.3, -0.25) is 9.59 Å². The van der Waals surface area contributed by atoms with Crippen molar-refractivity contribution in [2.45, 2.75) is 18.8 Å². The van der Waals surface area contributed by atoms with E-state index < -0.39 is 5.92 Å². The van der Waals surface area contributed by atoms with Crippen molar-refractivity contribution in [1.82, 2.24) is 19.4 Å². The number of alkyl halides is 2. The summed E-state index contributed by atoms with van der Waals surface area (Å²) in [5.41, 5.74) is 2.78. The van der Waals surface area contributed by atoms with Gasteiger partial charge in [-0.2, -0.15) is 0 Å². The first-order chi connectivity index (χ1) is 15.3. The van der Waals surface area contributed by atoms with Crippen LogP contribution in [0.3, 0.4) is 0 Å². The first-order valence-electron chi connectivity index (χ1n) is 10.3. The zero-order chi connectivity index (χ0) is 22.5. The number of fused-ring (bicyclic) bond motifs is 2. The standard InChI is InChI=1S/C24H20F2N4O2/c1-29-14-28-20-12-17(13-27-21(20)23(29)32)18-4-2-3-15-11-16(5-6-19(15)18)22(31)30-9-7-24(25,26)8-10-30/h2-6,11-14H,7-10H2,1H3. The molecule has 6 nitrogen and oxygen atoms in total. The molecule has 1 aliphatic heterocycles. The molecule has 1 aliphatic rings. The van der Waals surface area contributed by atoms with Gasteiger partial charge in [-0.15, -0.1) is 0 Å². The fraction of sp³-hybridized carbons (Fsp3) is 0.250. The van der Waals surface area contributed by atoms with Crippen molar-refractivity contribution in [1.29, 1.82) is 0 Å². The lowest BCUT2D eigenvalue weighted by Gasteiger charge is -2.31. The first kappa shape index (κ1) is 20.2. The number of piperidine rings is 1. The minimum atomic E-state index is -2.69. The molecule has 0 aliphatic carbocycles. The Morgan fingerprint density at radius 1 is 1.06 bits per heavy atom. The molecule has 0 spiro atoms. The highest BCUT2D eigenvalue weighted by Gasteiger charge is 2.35. The van der Waals surface area contributed by atoms with Gasteiger partial charge >= 0.3 is 0 Å². The van der Waals surface area contributed by atoms with Crippen LogP contribution in [0.15, 0.2) is 59.8 Å². The molecule has 1 amide bonds. The van der Waals surface area contributed by atoms with Crippen LogP contribution < -0.4 is 5.56 Å². The number of benzene rings is 2. The number of rotatable bonds is 2. The maximum atomic E-state index is 13.4. The third kappa shape index (κ3) is 3.51. The van der Waals surface area contributed by atoms with Gasteiger partial charge in [-0.05, 0) is 34.5 Å². The SMILES string of the molecule is Cn1cnc2cc(-c3cccc4cc(C(=O)N5CCC(F)(F)CC5)ccc34)cnc2c1=O. The normalized spacial score (nSPS) is 15.9. The highest BCUT2D eigenvalue weighted by molar-refractivity contribution is 6.03. The quantitative estimate of drug-likeness (QED) is 0.478. The number of hydrogen-bond acceptors (Lipinski definition) is 4. The Hall–Kier alpha value is -3.68. The van der Waals surface area contributed by atoms with Crippen molar-refractivity contribution in [3.8, 4) is 11.1 Å². The molecular weight excluding hydrogens is 414 g/mol. The van der Waals surface area contributed by atoms with E-state index in [2.05, 4.69) is 9.97 Å². The summed E-state index contributed by atoms with van der Waals surface area (Å²) < 4.78 is 28.2. The van der Waals surface area contributed by atoms with Crippen LogP contribution in [0.2, 0.25) is 0 Å². The predicted molar refractivity (Wildman–Crippen MR) is 118 cm³/mol. The van der Waals surface area contributed by atoms with Crippen molar-refractivity contribution in [2.75, 3.05) is 13.1 Å². The maximum Gasteiger partial charge on any atom is 0.279 e. The van der Waals surface area contributed by atoms with Gasteiger partial charge in [0.15, 0.2) is 5.52 Å². The Morgan fingerprint density at radius 3 is 2.62 bits per heavy atom. The van der Waals surface area contributed by atoms with Gasteiger partial charge in [0.05, 0.1) is 11.8 Å². The van der Waals surface area contributed by atoms with Gasteiger partial charge in [0.25, 0.3) is 17.4 Å². The Balaban J connectivity index is 1.51. The first-order valence-corrected chi connectivity index (χ1v) is 10.3. The zero-order valence-electron chi connectivity index (χ0n) is 17.4. The van der Waals surface area contributed by atoms with Crippen LogP contribution in [0.5, 0.6) is 0 Å². The van der Waals surface area contributed by atoms with E-state index in [9.17, 15) is 18.4 Å². The summed E-state index contributed by atoms with van der Waals surface area (Å²) >= 11 is 0. The van der Waals surface area contributed by atoms with Crippen molar-refractivity contribution in [2.24, 2.45) is 7.05 Å². The Morgan fingerprint density at radius 2 is 1.84 bits per heavy atom. The molecule has 5 rings (SSSR count). The number of amides is 1. The molecule has 0 saturated carbocycles. The van der Waals surface area contributed by atoms with Crippen LogP contribution in [-0.4, -0.2) is 44.4 Å². The van der Waals surface area contributed by atoms with Crippen LogP contribution in [-0.2, 0) is 7.05 Å². The molecule has 0 atom stereocenters. The van der Waals surface area contributed by atoms with E-state index in [0.717, 1.165) is 21.9 Å². The minimum Gasteiger partial charge on any atom is -0.338 e. The molecule has 0 radical (unpaired) electrons. The van der Waals surface area contributed by atoms with E-state index in [1.165, 1.54) is 15.8 Å². The van der Waals surface area contributed by atoms with Crippen molar-refractivity contribution < 1.29 is 13.6 Å². The van der Waals surface area contributed by atoms with Crippen molar-refractivity contribution in [3.05, 3.63) is 70.9 Å². The fourth-order valence-electron chi connectivity index (χ4n) is 4.12. The molecule has 3 heterocycles. The number of halogens is 2. The molecule has 8 heteroatoms. The second kappa shape index (κ2) is 7.47. The van der Waals surface area contributed by atoms with E-state index >= 15 is 0 Å². The smallest absolute Gasteiger partial charge is 0.279 e. The average Bonchev–Trinajstić information content (AvgIpc) is 2.80. The monoisotopic (exact) mass is 434 g/mol. The van der Waals surface area contributed by atoms with Crippen LogP contribution >= 0.6 is 0 Å². The third-order valence-corrected chi connectivity index (χ3v) is 5.98. The highest BCUT2D eigenvalue weighted by Crippen LogP contribution is 2.31. The predicted octanol–water partition coefficient (Wildman–Crippen LogP) is 4.02. The highest BCUT2D eigenvalue weighted by atomic mass is 19.3. The van der Waals surface area contributed by atoms with Crippen LogP contribution in [0, 0.1) is 0 Å².